The maximum absolute atomic E-state index is 12.7. The molecule has 26 heavy (non-hydrogen) atoms. The van der Waals surface area contributed by atoms with Crippen molar-refractivity contribution < 1.29 is 19.2 Å². The van der Waals surface area contributed by atoms with E-state index in [1.54, 1.807) is 19.1 Å². The minimum atomic E-state index is -0.549. The van der Waals surface area contributed by atoms with Gasteiger partial charge in [-0.15, -0.1) is 0 Å². The minimum absolute atomic E-state index is 0.0160. The Morgan fingerprint density at radius 1 is 1.12 bits per heavy atom. The van der Waals surface area contributed by atoms with Crippen LogP contribution in [-0.4, -0.2) is 30.2 Å². The molecule has 1 aromatic carbocycles. The van der Waals surface area contributed by atoms with Gasteiger partial charge in [0.1, 0.15) is 0 Å². The van der Waals surface area contributed by atoms with Crippen LogP contribution in [0.25, 0.3) is 0 Å². The Labute approximate surface area is 153 Å². The lowest BCUT2D eigenvalue weighted by Gasteiger charge is -2.20. The number of ketones is 3. The molecule has 2 rings (SSSR count). The quantitative estimate of drug-likeness (QED) is 0.441. The van der Waals surface area contributed by atoms with Crippen molar-refractivity contribution in [3.05, 3.63) is 57.8 Å². The van der Waals surface area contributed by atoms with Gasteiger partial charge in [0.15, 0.2) is 17.9 Å². The fraction of sp³-hybridized carbons (Fsp3) is 0.333. The van der Waals surface area contributed by atoms with E-state index in [1.165, 1.54) is 5.57 Å². The SMILES string of the molecule is CC(C)=CCCc1ccc2c(c1)C(=O)C(C)=C(NCCC(=O)C=O)C2=O. The molecule has 5 nitrogen and oxygen atoms in total. The molecule has 1 aliphatic carbocycles. The van der Waals surface area contributed by atoms with E-state index in [1.807, 2.05) is 19.9 Å². The number of hydrogen-bond acceptors (Lipinski definition) is 5. The molecule has 0 saturated carbocycles. The van der Waals surface area contributed by atoms with Crippen LogP contribution in [0.4, 0.5) is 0 Å². The summed E-state index contributed by atoms with van der Waals surface area (Å²) < 4.78 is 0. The smallest absolute Gasteiger partial charge is 0.209 e. The Kier molecular flexibility index (Phi) is 6.39. The van der Waals surface area contributed by atoms with Crippen molar-refractivity contribution in [1.82, 2.24) is 5.32 Å². The van der Waals surface area contributed by atoms with Crippen molar-refractivity contribution in [1.29, 1.82) is 0 Å². The fourth-order valence-electron chi connectivity index (χ4n) is 2.86. The third-order valence-electron chi connectivity index (χ3n) is 4.31. The lowest BCUT2D eigenvalue weighted by Crippen LogP contribution is -2.31. The van der Waals surface area contributed by atoms with Crippen LogP contribution < -0.4 is 5.32 Å². The van der Waals surface area contributed by atoms with Gasteiger partial charge in [-0.1, -0.05) is 17.7 Å². The molecule has 5 heteroatoms. The molecule has 0 bridgehead atoms. The van der Waals surface area contributed by atoms with Crippen LogP contribution in [-0.2, 0) is 16.0 Å². The highest BCUT2D eigenvalue weighted by atomic mass is 16.2. The van der Waals surface area contributed by atoms with Crippen molar-refractivity contribution in [2.24, 2.45) is 0 Å². The van der Waals surface area contributed by atoms with Gasteiger partial charge >= 0.3 is 0 Å². The molecule has 0 fully saturated rings. The van der Waals surface area contributed by atoms with Gasteiger partial charge in [0, 0.05) is 29.7 Å². The second-order valence-corrected chi connectivity index (χ2v) is 6.62. The fourth-order valence-corrected chi connectivity index (χ4v) is 2.86. The molecule has 0 aliphatic heterocycles. The highest BCUT2D eigenvalue weighted by molar-refractivity contribution is 6.27. The standard InChI is InChI=1S/C21H23NO4/c1-13(2)5-4-6-15-7-8-17-18(11-15)20(25)14(3)19(21(17)26)22-10-9-16(24)12-23/h5,7-8,11-12,22H,4,6,9-10H2,1-3H3. The molecule has 1 aliphatic rings. The van der Waals surface area contributed by atoms with Crippen LogP contribution in [0.2, 0.25) is 0 Å². The number of aryl methyl sites for hydroxylation is 1. The Morgan fingerprint density at radius 2 is 1.85 bits per heavy atom. The molecule has 136 valence electrons. The number of aldehydes is 1. The maximum atomic E-state index is 12.7. The Morgan fingerprint density at radius 3 is 2.50 bits per heavy atom. The zero-order valence-electron chi connectivity index (χ0n) is 15.3. The van der Waals surface area contributed by atoms with E-state index < -0.39 is 5.78 Å². The van der Waals surface area contributed by atoms with Crippen molar-refractivity contribution in [3.8, 4) is 0 Å². The second kappa shape index (κ2) is 8.52. The van der Waals surface area contributed by atoms with Gasteiger partial charge in [-0.3, -0.25) is 19.2 Å². The summed E-state index contributed by atoms with van der Waals surface area (Å²) in [6, 6.07) is 5.36. The largest absolute Gasteiger partial charge is 0.381 e. The van der Waals surface area contributed by atoms with Gasteiger partial charge in [-0.2, -0.15) is 0 Å². The molecule has 1 N–H and O–H groups in total. The summed E-state index contributed by atoms with van der Waals surface area (Å²) in [5.41, 5.74) is 3.61. The molecule has 0 atom stereocenters. The summed E-state index contributed by atoms with van der Waals surface area (Å²) in [4.78, 5) is 46.8. The Balaban J connectivity index is 2.20. The zero-order valence-corrected chi connectivity index (χ0v) is 15.3. The molecular weight excluding hydrogens is 330 g/mol. The van der Waals surface area contributed by atoms with Gasteiger partial charge in [-0.05, 0) is 51.3 Å². The number of allylic oxidation sites excluding steroid dienone is 4. The van der Waals surface area contributed by atoms with Crippen LogP contribution >= 0.6 is 0 Å². The lowest BCUT2D eigenvalue weighted by atomic mass is 9.86. The number of benzene rings is 1. The molecule has 0 radical (unpaired) electrons. The van der Waals surface area contributed by atoms with Crippen molar-refractivity contribution in [2.45, 2.75) is 40.0 Å². The monoisotopic (exact) mass is 353 g/mol. The highest BCUT2D eigenvalue weighted by Gasteiger charge is 2.30. The summed E-state index contributed by atoms with van der Waals surface area (Å²) >= 11 is 0. The number of rotatable bonds is 8. The molecule has 0 spiro atoms. The van der Waals surface area contributed by atoms with Crippen LogP contribution in [0, 0.1) is 0 Å². The van der Waals surface area contributed by atoms with E-state index in [9.17, 15) is 19.2 Å². The van der Waals surface area contributed by atoms with Crippen molar-refractivity contribution in [2.75, 3.05) is 6.54 Å². The summed E-state index contributed by atoms with van der Waals surface area (Å²) in [5.74, 6) is -0.994. The number of carbonyl (C=O) groups is 4. The van der Waals surface area contributed by atoms with Crippen LogP contribution in [0.15, 0.2) is 41.1 Å². The number of fused-ring (bicyclic) bond motifs is 1. The van der Waals surface area contributed by atoms with Crippen LogP contribution in [0.3, 0.4) is 0 Å². The van der Waals surface area contributed by atoms with E-state index in [0.29, 0.717) is 16.7 Å². The summed E-state index contributed by atoms with van der Waals surface area (Å²) in [6.07, 6.45) is 4.07. The first kappa shape index (κ1) is 19.5. The molecule has 0 saturated heterocycles. The van der Waals surface area contributed by atoms with Crippen LogP contribution in [0.1, 0.15) is 59.9 Å². The molecule has 0 heterocycles. The van der Waals surface area contributed by atoms with E-state index >= 15 is 0 Å². The van der Waals surface area contributed by atoms with Crippen LogP contribution in [0.5, 0.6) is 0 Å². The van der Waals surface area contributed by atoms with Gasteiger partial charge in [0.2, 0.25) is 5.78 Å². The molecule has 1 aromatic rings. The summed E-state index contributed by atoms with van der Waals surface area (Å²) in [5, 5.41) is 2.84. The maximum Gasteiger partial charge on any atom is 0.209 e. The lowest BCUT2D eigenvalue weighted by molar-refractivity contribution is -0.129. The molecular formula is C21H23NO4. The number of Topliss-reactive ketones (excluding diaryl/α,β-unsaturated/α-hetero) is 3. The predicted molar refractivity (Wildman–Crippen MR) is 99.2 cm³/mol. The Hall–Kier alpha value is -2.82. The van der Waals surface area contributed by atoms with Gasteiger partial charge in [0.05, 0.1) is 5.70 Å². The Bertz CT molecular complexity index is 826. The highest BCUT2D eigenvalue weighted by Crippen LogP contribution is 2.26. The average Bonchev–Trinajstić information content (AvgIpc) is 2.62. The van der Waals surface area contributed by atoms with Crippen molar-refractivity contribution >= 4 is 23.6 Å². The van der Waals surface area contributed by atoms with Gasteiger partial charge in [-0.25, -0.2) is 0 Å². The summed E-state index contributed by atoms with van der Waals surface area (Å²) in [7, 11) is 0. The molecule has 0 aromatic heterocycles. The first-order valence-electron chi connectivity index (χ1n) is 8.63. The van der Waals surface area contributed by atoms with Gasteiger partial charge in [0.25, 0.3) is 0 Å². The minimum Gasteiger partial charge on any atom is -0.381 e. The average molecular weight is 353 g/mol. The first-order chi connectivity index (χ1) is 12.3. The third kappa shape index (κ3) is 4.42. The van der Waals surface area contributed by atoms with E-state index in [-0.39, 0.29) is 36.5 Å². The first-order valence-corrected chi connectivity index (χ1v) is 8.63. The van der Waals surface area contributed by atoms with E-state index in [4.69, 9.17) is 0 Å². The summed E-state index contributed by atoms with van der Waals surface area (Å²) in [6.45, 7) is 5.82. The molecule has 0 unspecified atom stereocenters. The van der Waals surface area contributed by atoms with Crippen molar-refractivity contribution in [3.63, 3.8) is 0 Å². The topological polar surface area (TPSA) is 80.3 Å². The van der Waals surface area contributed by atoms with Gasteiger partial charge < -0.3 is 5.32 Å². The zero-order chi connectivity index (χ0) is 19.3. The second-order valence-electron chi connectivity index (χ2n) is 6.62. The number of nitrogens with one attached hydrogen (secondary N) is 1. The molecule has 0 amide bonds. The number of hydrogen-bond donors (Lipinski definition) is 1. The normalized spacial score (nSPS) is 13.3. The predicted octanol–water partition coefficient (Wildman–Crippen LogP) is 2.99. The van der Waals surface area contributed by atoms with E-state index in [0.717, 1.165) is 18.4 Å². The number of carbonyl (C=O) groups excluding carboxylic acids is 4. The van der Waals surface area contributed by atoms with E-state index in [2.05, 4.69) is 11.4 Å². The third-order valence-corrected chi connectivity index (χ3v) is 4.31.